The number of likely N-dealkylation sites (N-methyl/N-ethyl adjacent to an activating group) is 1. The number of benzene rings is 2. The van der Waals surface area contributed by atoms with Crippen LogP contribution >= 0.6 is 0 Å². The fraction of sp³-hybridized carbons (Fsp3) is 0.474. The highest BCUT2D eigenvalue weighted by atomic mass is 16.6. The van der Waals surface area contributed by atoms with Crippen LogP contribution < -0.4 is 0 Å². The van der Waals surface area contributed by atoms with Crippen LogP contribution in [0, 0.1) is 11.8 Å². The van der Waals surface area contributed by atoms with Gasteiger partial charge < -0.3 is 29.3 Å². The van der Waals surface area contributed by atoms with Gasteiger partial charge in [-0.3, -0.25) is 19.2 Å². The van der Waals surface area contributed by atoms with E-state index in [-0.39, 0.29) is 50.5 Å². The molecule has 5 heterocycles. The SMILES string of the molecule is C[C@@H]1[C@@H](c2ccccc2)OC(=O)[C@@H]2[C@@H]3C=C[C@]4(O3)[C@H](C(=O)N(Cn3nnc5ccccc53)C/C=C\CCC(=O)N1C)N(CCCCCO)C(=O)[C@@H]24. The number of carbonyl (C=O) groups excluding carboxylic acids is 4. The molecule has 2 fully saturated rings. The Morgan fingerprint density at radius 1 is 0.961 bits per heavy atom. The first-order valence-electron chi connectivity index (χ1n) is 17.8. The zero-order valence-corrected chi connectivity index (χ0v) is 28.9. The van der Waals surface area contributed by atoms with Crippen molar-refractivity contribution in [3.05, 3.63) is 84.5 Å². The summed E-state index contributed by atoms with van der Waals surface area (Å²) in [7, 11) is 1.70. The number of hydrogen-bond donors (Lipinski definition) is 1. The van der Waals surface area contributed by atoms with Gasteiger partial charge in [-0.05, 0) is 50.3 Å². The summed E-state index contributed by atoms with van der Waals surface area (Å²) < 4.78 is 14.6. The number of likely N-dealkylation sites (tertiary alicyclic amines) is 1. The molecule has 0 unspecified atom stereocenters. The number of aliphatic hydroxyl groups is 1. The van der Waals surface area contributed by atoms with Crippen molar-refractivity contribution in [2.24, 2.45) is 11.8 Å². The van der Waals surface area contributed by atoms with E-state index >= 15 is 0 Å². The van der Waals surface area contributed by atoms with Crippen LogP contribution in [0.25, 0.3) is 11.0 Å². The number of unbranched alkanes of at least 4 members (excludes halogenated alkanes) is 2. The summed E-state index contributed by atoms with van der Waals surface area (Å²) in [4.78, 5) is 62.1. The second-order valence-corrected chi connectivity index (χ2v) is 13.8. The molecule has 4 aliphatic rings. The average Bonchev–Trinajstić information content (AvgIpc) is 3.90. The molecule has 0 aliphatic carbocycles. The van der Waals surface area contributed by atoms with Gasteiger partial charge in [-0.25, -0.2) is 4.68 Å². The Morgan fingerprint density at radius 2 is 1.75 bits per heavy atom. The number of rotatable bonds is 8. The molecule has 0 saturated carbocycles. The third-order valence-electron chi connectivity index (χ3n) is 10.8. The van der Waals surface area contributed by atoms with E-state index in [1.807, 2.05) is 73.7 Å². The molecule has 2 saturated heterocycles. The molecule has 268 valence electrons. The Balaban J connectivity index is 1.29. The topological polar surface area (TPSA) is 147 Å². The molecule has 1 N–H and O–H groups in total. The lowest BCUT2D eigenvalue weighted by Gasteiger charge is -2.35. The Labute approximate surface area is 296 Å². The first-order valence-corrected chi connectivity index (χ1v) is 17.8. The maximum atomic E-state index is 15.0. The van der Waals surface area contributed by atoms with Gasteiger partial charge in [-0.15, -0.1) is 5.10 Å². The predicted molar refractivity (Wildman–Crippen MR) is 185 cm³/mol. The highest BCUT2D eigenvalue weighted by Crippen LogP contribution is 2.56. The van der Waals surface area contributed by atoms with E-state index in [0.717, 1.165) is 11.1 Å². The highest BCUT2D eigenvalue weighted by molar-refractivity contribution is 5.99. The van der Waals surface area contributed by atoms with Crippen LogP contribution in [0.3, 0.4) is 0 Å². The van der Waals surface area contributed by atoms with E-state index in [1.165, 1.54) is 0 Å². The van der Waals surface area contributed by atoms with E-state index in [1.54, 1.807) is 38.6 Å². The summed E-state index contributed by atoms with van der Waals surface area (Å²) in [6.07, 6.45) is 8.15. The Hall–Kier alpha value is -4.88. The van der Waals surface area contributed by atoms with Crippen molar-refractivity contribution < 1.29 is 33.8 Å². The number of aliphatic hydroxyl groups excluding tert-OH is 1. The number of allylic oxidation sites excluding steroid dienone is 1. The number of carbonyl (C=O) groups is 4. The van der Waals surface area contributed by atoms with Crippen LogP contribution in [-0.4, -0.2) is 109 Å². The van der Waals surface area contributed by atoms with Crippen LogP contribution in [-0.2, 0) is 35.3 Å². The number of amides is 3. The maximum absolute atomic E-state index is 15.0. The van der Waals surface area contributed by atoms with Gasteiger partial charge in [-0.2, -0.15) is 0 Å². The fourth-order valence-corrected chi connectivity index (χ4v) is 8.03. The number of fused-ring (bicyclic) bond motifs is 3. The van der Waals surface area contributed by atoms with Gasteiger partial charge in [-0.1, -0.05) is 72.0 Å². The molecule has 1 aromatic heterocycles. The van der Waals surface area contributed by atoms with E-state index in [4.69, 9.17) is 9.47 Å². The van der Waals surface area contributed by atoms with Crippen LogP contribution in [0.4, 0.5) is 0 Å². The summed E-state index contributed by atoms with van der Waals surface area (Å²) in [5, 5.41) is 18.0. The number of hydrogen-bond acceptors (Lipinski definition) is 9. The number of para-hydroxylation sites is 1. The molecule has 7 rings (SSSR count). The normalized spacial score (nSPS) is 30.4. The van der Waals surface area contributed by atoms with E-state index in [9.17, 15) is 24.3 Å². The van der Waals surface area contributed by atoms with Gasteiger partial charge >= 0.3 is 5.97 Å². The summed E-state index contributed by atoms with van der Waals surface area (Å²) >= 11 is 0. The fourth-order valence-electron chi connectivity index (χ4n) is 8.03. The monoisotopic (exact) mass is 696 g/mol. The lowest BCUT2D eigenvalue weighted by molar-refractivity contribution is -0.164. The molecule has 5 bridgehead atoms. The van der Waals surface area contributed by atoms with Crippen molar-refractivity contribution in [1.29, 1.82) is 0 Å². The van der Waals surface area contributed by atoms with Crippen molar-refractivity contribution >= 4 is 34.7 Å². The van der Waals surface area contributed by atoms with Crippen molar-refractivity contribution in [3.63, 3.8) is 0 Å². The van der Waals surface area contributed by atoms with Gasteiger partial charge in [0.15, 0.2) is 0 Å². The van der Waals surface area contributed by atoms with Crippen molar-refractivity contribution in [1.82, 2.24) is 29.7 Å². The molecule has 51 heavy (non-hydrogen) atoms. The first kappa shape index (κ1) is 34.6. The summed E-state index contributed by atoms with van der Waals surface area (Å²) in [6, 6.07) is 15.2. The maximum Gasteiger partial charge on any atom is 0.313 e. The molecule has 2 aromatic carbocycles. The molecular formula is C38H44N6O7. The summed E-state index contributed by atoms with van der Waals surface area (Å²) in [5.74, 6) is -3.41. The zero-order chi connectivity index (χ0) is 35.7. The molecule has 4 aliphatic heterocycles. The average molecular weight is 697 g/mol. The highest BCUT2D eigenvalue weighted by Gasteiger charge is 2.73. The van der Waals surface area contributed by atoms with E-state index in [2.05, 4.69) is 10.3 Å². The van der Waals surface area contributed by atoms with Gasteiger partial charge in [0.25, 0.3) is 5.91 Å². The smallest absolute Gasteiger partial charge is 0.313 e. The molecule has 7 atom stereocenters. The van der Waals surface area contributed by atoms with Crippen LogP contribution in [0.1, 0.15) is 50.7 Å². The van der Waals surface area contributed by atoms with Gasteiger partial charge in [0.05, 0.1) is 23.6 Å². The summed E-state index contributed by atoms with van der Waals surface area (Å²) in [6.45, 7) is 2.35. The number of cyclic esters (lactones) is 1. The molecule has 3 amide bonds. The minimum absolute atomic E-state index is 0.0259. The van der Waals surface area contributed by atoms with Crippen molar-refractivity contribution in [2.75, 3.05) is 26.7 Å². The van der Waals surface area contributed by atoms with Crippen LogP contribution in [0.15, 0.2) is 78.9 Å². The van der Waals surface area contributed by atoms with Crippen molar-refractivity contribution in [2.45, 2.75) is 75.6 Å². The molecular weight excluding hydrogens is 652 g/mol. The number of esters is 1. The van der Waals surface area contributed by atoms with Crippen LogP contribution in [0.2, 0.25) is 0 Å². The first-order chi connectivity index (χ1) is 24.7. The molecule has 0 radical (unpaired) electrons. The van der Waals surface area contributed by atoms with Gasteiger partial charge in [0, 0.05) is 33.2 Å². The molecule has 13 heteroatoms. The Kier molecular flexibility index (Phi) is 9.75. The van der Waals surface area contributed by atoms with Crippen LogP contribution in [0.5, 0.6) is 0 Å². The zero-order valence-electron chi connectivity index (χ0n) is 28.9. The third kappa shape index (κ3) is 6.22. The minimum Gasteiger partial charge on any atom is -0.455 e. The number of ether oxygens (including phenoxy) is 2. The second-order valence-electron chi connectivity index (χ2n) is 13.8. The minimum atomic E-state index is -1.39. The second kappa shape index (κ2) is 14.4. The quantitative estimate of drug-likeness (QED) is 0.213. The predicted octanol–water partition coefficient (Wildman–Crippen LogP) is 3.01. The molecule has 13 nitrogen and oxygen atoms in total. The lowest BCUT2D eigenvalue weighted by atomic mass is 9.74. The Morgan fingerprint density at radius 3 is 2.55 bits per heavy atom. The van der Waals surface area contributed by atoms with Gasteiger partial charge in [0.1, 0.15) is 35.9 Å². The Bertz CT molecular complexity index is 1840. The molecule has 3 aromatic rings. The van der Waals surface area contributed by atoms with E-state index in [0.29, 0.717) is 31.2 Å². The standard InChI is InChI=1S/C38H44N6O7/c1-25-33(26-14-6-3-7-15-26)50-37(49)31-29-19-20-38(51-29)32(31)35(47)43(22-12-5-13-23-45)34(38)36(48)42(21-11-4-8-18-30(46)41(25)2)24-44-28-17-10-9-16-27(28)39-40-44/h3-4,6-7,9-11,14-17,19-20,25,29,31-34,45H,5,8,12-13,18,21-24H2,1-2H3/b11-4-/t25-,29+,31-,32-,33+,34+,38-/m1/s1. The largest absolute Gasteiger partial charge is 0.455 e. The number of aromatic nitrogens is 3. The molecule has 1 spiro atoms. The summed E-state index contributed by atoms with van der Waals surface area (Å²) in [5.41, 5.74) is 0.755. The van der Waals surface area contributed by atoms with Gasteiger partial charge in [0.2, 0.25) is 11.8 Å². The number of nitrogens with zero attached hydrogens (tertiary/aromatic N) is 6. The lowest BCUT2D eigenvalue weighted by Crippen LogP contribution is -2.56. The van der Waals surface area contributed by atoms with Crippen molar-refractivity contribution in [3.8, 4) is 0 Å². The van der Waals surface area contributed by atoms with E-state index < -0.39 is 47.7 Å². The third-order valence-corrected chi connectivity index (χ3v) is 10.8.